The molecule has 3 rings (SSSR count). The summed E-state index contributed by atoms with van der Waals surface area (Å²) < 4.78 is 16.6. The van der Waals surface area contributed by atoms with Crippen molar-refractivity contribution in [2.24, 2.45) is 0 Å². The number of methoxy groups -OCH3 is 1. The second-order valence-electron chi connectivity index (χ2n) is 5.99. The molecule has 2 aromatic rings. The van der Waals surface area contributed by atoms with Crippen molar-refractivity contribution in [3.63, 3.8) is 0 Å². The number of ketones is 1. The molecule has 124 valence electrons. The maximum Gasteiger partial charge on any atom is 0.231 e. The van der Waals surface area contributed by atoms with E-state index >= 15 is 0 Å². The van der Waals surface area contributed by atoms with Gasteiger partial charge in [0, 0.05) is 6.07 Å². The molecule has 24 heavy (non-hydrogen) atoms. The highest BCUT2D eigenvalue weighted by molar-refractivity contribution is 6.14. The molecule has 0 aromatic heterocycles. The second-order valence-corrected chi connectivity index (χ2v) is 5.99. The molecule has 0 spiro atoms. The van der Waals surface area contributed by atoms with Crippen LogP contribution in [0.4, 0.5) is 0 Å². The van der Waals surface area contributed by atoms with Crippen molar-refractivity contribution in [3.05, 3.63) is 58.8 Å². The van der Waals surface area contributed by atoms with Crippen LogP contribution in [0.15, 0.2) is 42.2 Å². The van der Waals surface area contributed by atoms with Crippen LogP contribution in [-0.4, -0.2) is 19.0 Å². The number of allylic oxidation sites excluding steroid dienone is 1. The molecule has 0 radical (unpaired) electrons. The van der Waals surface area contributed by atoms with Crippen molar-refractivity contribution >= 4 is 11.9 Å². The highest BCUT2D eigenvalue weighted by atomic mass is 16.5. The predicted molar refractivity (Wildman–Crippen MR) is 92.9 cm³/mol. The molecule has 2 aromatic carbocycles. The summed E-state index contributed by atoms with van der Waals surface area (Å²) in [6, 6.07) is 11.0. The third kappa shape index (κ3) is 3.13. The maximum atomic E-state index is 12.5. The molecule has 0 saturated heterocycles. The molecule has 1 heterocycles. The minimum Gasteiger partial charge on any atom is -0.496 e. The van der Waals surface area contributed by atoms with Crippen LogP contribution in [0.25, 0.3) is 6.08 Å². The first-order chi connectivity index (χ1) is 11.5. The molecule has 0 N–H and O–H groups in total. The Balaban J connectivity index is 1.88. The Morgan fingerprint density at radius 3 is 2.58 bits per heavy atom. The van der Waals surface area contributed by atoms with E-state index in [9.17, 15) is 4.79 Å². The van der Waals surface area contributed by atoms with Gasteiger partial charge in [-0.05, 0) is 62.2 Å². The van der Waals surface area contributed by atoms with Gasteiger partial charge < -0.3 is 14.2 Å². The zero-order valence-electron chi connectivity index (χ0n) is 14.3. The molecule has 0 atom stereocenters. The van der Waals surface area contributed by atoms with Crippen LogP contribution in [0.2, 0.25) is 0 Å². The monoisotopic (exact) mass is 324 g/mol. The zero-order valence-corrected chi connectivity index (χ0v) is 14.3. The molecule has 1 aliphatic rings. The molecule has 0 fully saturated rings. The quantitative estimate of drug-likeness (QED) is 0.782. The lowest BCUT2D eigenvalue weighted by Gasteiger charge is -2.09. The van der Waals surface area contributed by atoms with Crippen LogP contribution in [0, 0.1) is 6.92 Å². The molecule has 0 aliphatic carbocycles. The molecule has 0 unspecified atom stereocenters. The van der Waals surface area contributed by atoms with Crippen LogP contribution in [0.5, 0.6) is 17.2 Å². The largest absolute Gasteiger partial charge is 0.496 e. The average molecular weight is 324 g/mol. The maximum absolute atomic E-state index is 12.5. The van der Waals surface area contributed by atoms with E-state index in [4.69, 9.17) is 14.2 Å². The first-order valence-electron chi connectivity index (χ1n) is 7.87. The fourth-order valence-corrected chi connectivity index (χ4v) is 2.66. The molecule has 0 saturated carbocycles. The lowest BCUT2D eigenvalue weighted by molar-refractivity contribution is 0.101. The number of benzene rings is 2. The van der Waals surface area contributed by atoms with Gasteiger partial charge >= 0.3 is 0 Å². The van der Waals surface area contributed by atoms with Gasteiger partial charge in [0.1, 0.15) is 17.2 Å². The summed E-state index contributed by atoms with van der Waals surface area (Å²) in [5.74, 6) is 2.24. The fraction of sp³-hybridized carbons (Fsp3) is 0.250. The molecule has 1 aliphatic heterocycles. The normalized spacial score (nSPS) is 14.7. The van der Waals surface area contributed by atoms with Crippen LogP contribution in [0.1, 0.15) is 35.3 Å². The van der Waals surface area contributed by atoms with E-state index in [-0.39, 0.29) is 11.9 Å². The van der Waals surface area contributed by atoms with Gasteiger partial charge in [-0.1, -0.05) is 6.07 Å². The molecule has 0 bridgehead atoms. The molecular weight excluding hydrogens is 304 g/mol. The highest BCUT2D eigenvalue weighted by Gasteiger charge is 2.27. The van der Waals surface area contributed by atoms with Gasteiger partial charge in [-0.15, -0.1) is 0 Å². The molecule has 4 heteroatoms. The van der Waals surface area contributed by atoms with Gasteiger partial charge in [-0.25, -0.2) is 0 Å². The Bertz CT molecular complexity index is 818. The van der Waals surface area contributed by atoms with Crippen molar-refractivity contribution in [1.29, 1.82) is 0 Å². The van der Waals surface area contributed by atoms with Gasteiger partial charge in [0.25, 0.3) is 0 Å². The van der Waals surface area contributed by atoms with E-state index in [0.717, 1.165) is 16.9 Å². The molecule has 4 nitrogen and oxygen atoms in total. The van der Waals surface area contributed by atoms with E-state index in [0.29, 0.717) is 22.8 Å². The third-order valence-corrected chi connectivity index (χ3v) is 3.73. The Morgan fingerprint density at radius 1 is 1.12 bits per heavy atom. The van der Waals surface area contributed by atoms with Gasteiger partial charge in [0.05, 0.1) is 18.8 Å². The summed E-state index contributed by atoms with van der Waals surface area (Å²) >= 11 is 0. The standard InChI is InChI=1S/C20H20O4/c1-12(2)23-15-6-7-16-18(11-15)24-19(20(16)21)10-14-5-8-17(22-4)13(3)9-14/h5-12H,1-4H3. The van der Waals surface area contributed by atoms with E-state index < -0.39 is 0 Å². The second kappa shape index (κ2) is 6.40. The van der Waals surface area contributed by atoms with Crippen LogP contribution < -0.4 is 14.2 Å². The van der Waals surface area contributed by atoms with Crippen molar-refractivity contribution in [2.45, 2.75) is 26.9 Å². The van der Waals surface area contributed by atoms with Gasteiger partial charge in [-0.2, -0.15) is 0 Å². The average Bonchev–Trinajstić information content (AvgIpc) is 2.82. The summed E-state index contributed by atoms with van der Waals surface area (Å²) in [6.45, 7) is 5.87. The number of rotatable bonds is 4. The smallest absolute Gasteiger partial charge is 0.231 e. The minimum absolute atomic E-state index is 0.0671. The lowest BCUT2D eigenvalue weighted by Crippen LogP contribution is -2.05. The Hall–Kier alpha value is -2.75. The number of aryl methyl sites for hydroxylation is 1. The number of hydrogen-bond acceptors (Lipinski definition) is 4. The summed E-state index contributed by atoms with van der Waals surface area (Å²) in [5.41, 5.74) is 2.45. The Labute approximate surface area is 141 Å². The van der Waals surface area contributed by atoms with E-state index in [1.54, 1.807) is 31.4 Å². The van der Waals surface area contributed by atoms with Crippen molar-refractivity contribution in [3.8, 4) is 17.2 Å². The van der Waals surface area contributed by atoms with Crippen molar-refractivity contribution in [2.75, 3.05) is 7.11 Å². The number of hydrogen-bond donors (Lipinski definition) is 0. The fourth-order valence-electron chi connectivity index (χ4n) is 2.66. The van der Waals surface area contributed by atoms with Crippen LogP contribution in [-0.2, 0) is 0 Å². The Morgan fingerprint density at radius 2 is 1.92 bits per heavy atom. The minimum atomic E-state index is -0.116. The van der Waals surface area contributed by atoms with Gasteiger partial charge in [0.2, 0.25) is 5.78 Å². The van der Waals surface area contributed by atoms with Crippen LogP contribution in [0.3, 0.4) is 0 Å². The third-order valence-electron chi connectivity index (χ3n) is 3.73. The number of fused-ring (bicyclic) bond motifs is 1. The number of carbonyl (C=O) groups is 1. The van der Waals surface area contributed by atoms with Crippen LogP contribution >= 0.6 is 0 Å². The highest BCUT2D eigenvalue weighted by Crippen LogP contribution is 2.35. The summed E-state index contributed by atoms with van der Waals surface area (Å²) in [5, 5.41) is 0. The lowest BCUT2D eigenvalue weighted by atomic mass is 10.1. The number of ether oxygens (including phenoxy) is 3. The van der Waals surface area contributed by atoms with E-state index in [2.05, 4.69) is 0 Å². The molecule has 0 amide bonds. The summed E-state index contributed by atoms with van der Waals surface area (Å²) in [6.07, 6.45) is 1.81. The first-order valence-corrected chi connectivity index (χ1v) is 7.87. The number of Topliss-reactive ketones (excluding diaryl/α,β-unsaturated/α-hetero) is 1. The van der Waals surface area contributed by atoms with Crippen molar-refractivity contribution in [1.82, 2.24) is 0 Å². The zero-order chi connectivity index (χ0) is 17.3. The summed E-state index contributed by atoms with van der Waals surface area (Å²) in [4.78, 5) is 12.5. The van der Waals surface area contributed by atoms with Crippen molar-refractivity contribution < 1.29 is 19.0 Å². The topological polar surface area (TPSA) is 44.8 Å². The Kier molecular flexibility index (Phi) is 4.30. The van der Waals surface area contributed by atoms with Gasteiger partial charge in [0.15, 0.2) is 5.76 Å². The number of carbonyl (C=O) groups excluding carboxylic acids is 1. The molecular formula is C20H20O4. The SMILES string of the molecule is COc1ccc(C=C2Oc3cc(OC(C)C)ccc3C2=O)cc1C. The van der Waals surface area contributed by atoms with E-state index in [1.807, 2.05) is 39.0 Å². The van der Waals surface area contributed by atoms with Gasteiger partial charge in [-0.3, -0.25) is 4.79 Å². The summed E-state index contributed by atoms with van der Waals surface area (Å²) in [7, 11) is 1.64. The van der Waals surface area contributed by atoms with E-state index in [1.165, 1.54) is 0 Å². The first kappa shape index (κ1) is 16.1. The predicted octanol–water partition coefficient (Wildman–Crippen LogP) is 4.41.